The number of ether oxygens (including phenoxy) is 1. The summed E-state index contributed by atoms with van der Waals surface area (Å²) in [6, 6.07) is -0.364. The van der Waals surface area contributed by atoms with Crippen molar-refractivity contribution in [2.75, 3.05) is 6.54 Å². The number of carboxylic acids is 1. The lowest BCUT2D eigenvalue weighted by Gasteiger charge is -2.27. The monoisotopic (exact) mass is 215 g/mol. The van der Waals surface area contributed by atoms with Gasteiger partial charge in [0.15, 0.2) is 12.2 Å². The van der Waals surface area contributed by atoms with Crippen LogP contribution in [-0.4, -0.2) is 46.9 Å². The van der Waals surface area contributed by atoms with Crippen LogP contribution in [0.2, 0.25) is 0 Å². The molecule has 0 aromatic rings. The van der Waals surface area contributed by atoms with Crippen molar-refractivity contribution in [1.82, 2.24) is 5.32 Å². The van der Waals surface area contributed by atoms with Crippen molar-refractivity contribution in [3.63, 3.8) is 0 Å². The molecule has 2 saturated heterocycles. The molecule has 2 aliphatic rings. The van der Waals surface area contributed by atoms with Gasteiger partial charge in [-0.15, -0.1) is 0 Å². The van der Waals surface area contributed by atoms with Gasteiger partial charge in [-0.25, -0.2) is 4.79 Å². The van der Waals surface area contributed by atoms with Crippen LogP contribution in [0.15, 0.2) is 0 Å². The van der Waals surface area contributed by atoms with Gasteiger partial charge >= 0.3 is 11.9 Å². The molecule has 6 nitrogen and oxygen atoms in total. The Bertz CT molecular complexity index is 292. The first-order valence-corrected chi connectivity index (χ1v) is 4.96. The van der Waals surface area contributed by atoms with Crippen LogP contribution in [0.25, 0.3) is 0 Å². The maximum absolute atomic E-state index is 11.4. The van der Waals surface area contributed by atoms with E-state index < -0.39 is 24.1 Å². The van der Waals surface area contributed by atoms with E-state index in [0.717, 1.165) is 13.0 Å². The molecule has 6 heteroatoms. The summed E-state index contributed by atoms with van der Waals surface area (Å²) >= 11 is 0. The predicted octanol–water partition coefficient (Wildman–Crippen LogP) is -1.27. The van der Waals surface area contributed by atoms with Crippen LogP contribution >= 0.6 is 0 Å². The van der Waals surface area contributed by atoms with E-state index in [1.54, 1.807) is 0 Å². The van der Waals surface area contributed by atoms with E-state index in [1.165, 1.54) is 0 Å². The van der Waals surface area contributed by atoms with Gasteiger partial charge in [0, 0.05) is 0 Å². The Labute approximate surface area is 86.2 Å². The molecule has 4 unspecified atom stereocenters. The van der Waals surface area contributed by atoms with Gasteiger partial charge in [-0.2, -0.15) is 0 Å². The summed E-state index contributed by atoms with van der Waals surface area (Å²) in [6.45, 7) is 0.723. The number of hydrogen-bond donors (Lipinski definition) is 3. The number of carboxylic acid groups (broad SMARTS) is 1. The van der Waals surface area contributed by atoms with Crippen molar-refractivity contribution in [3.8, 4) is 0 Å². The SMILES string of the molecule is O=C(O)C(O)C1OC(=O)C2CCCNC21. The van der Waals surface area contributed by atoms with Gasteiger partial charge < -0.3 is 20.3 Å². The molecule has 2 aliphatic heterocycles. The molecule has 0 spiro atoms. The molecule has 4 atom stereocenters. The first-order valence-electron chi connectivity index (χ1n) is 4.96. The Morgan fingerprint density at radius 2 is 2.33 bits per heavy atom. The first kappa shape index (κ1) is 10.4. The van der Waals surface area contributed by atoms with Crippen LogP contribution in [-0.2, 0) is 14.3 Å². The predicted molar refractivity (Wildman–Crippen MR) is 48.0 cm³/mol. The minimum Gasteiger partial charge on any atom is -0.479 e. The highest BCUT2D eigenvalue weighted by atomic mass is 16.6. The quantitative estimate of drug-likeness (QED) is 0.497. The number of esters is 1. The number of fused-ring (bicyclic) bond motifs is 1. The molecule has 0 aromatic carbocycles. The third-order valence-corrected chi connectivity index (χ3v) is 2.98. The second-order valence-corrected chi connectivity index (χ2v) is 3.91. The fourth-order valence-corrected chi connectivity index (χ4v) is 2.22. The Balaban J connectivity index is 2.14. The zero-order chi connectivity index (χ0) is 11.0. The number of carbonyl (C=O) groups excluding carboxylic acids is 1. The number of nitrogens with one attached hydrogen (secondary N) is 1. The number of carbonyl (C=O) groups is 2. The van der Waals surface area contributed by atoms with Gasteiger partial charge in [0.2, 0.25) is 0 Å². The minimum absolute atomic E-state index is 0.308. The third kappa shape index (κ3) is 1.70. The fraction of sp³-hybridized carbons (Fsp3) is 0.778. The topological polar surface area (TPSA) is 95.9 Å². The van der Waals surface area contributed by atoms with Gasteiger partial charge in [-0.1, -0.05) is 0 Å². The second-order valence-electron chi connectivity index (χ2n) is 3.91. The average molecular weight is 215 g/mol. The maximum atomic E-state index is 11.4. The van der Waals surface area contributed by atoms with Crippen molar-refractivity contribution >= 4 is 11.9 Å². The van der Waals surface area contributed by atoms with Crippen LogP contribution in [0.3, 0.4) is 0 Å². The highest BCUT2D eigenvalue weighted by Crippen LogP contribution is 2.30. The normalized spacial score (nSPS) is 36.9. The fourth-order valence-electron chi connectivity index (χ4n) is 2.22. The highest BCUT2D eigenvalue weighted by Gasteiger charge is 2.50. The molecule has 2 rings (SSSR count). The summed E-state index contributed by atoms with van der Waals surface area (Å²) in [6.07, 6.45) is -1.04. The van der Waals surface area contributed by atoms with Gasteiger partial charge in [0.25, 0.3) is 0 Å². The summed E-state index contributed by atoms with van der Waals surface area (Å²) in [4.78, 5) is 22.0. The lowest BCUT2D eigenvalue weighted by Crippen LogP contribution is -2.51. The zero-order valence-corrected chi connectivity index (χ0v) is 8.05. The van der Waals surface area contributed by atoms with Crippen LogP contribution < -0.4 is 5.32 Å². The van der Waals surface area contributed by atoms with Crippen molar-refractivity contribution in [3.05, 3.63) is 0 Å². The summed E-state index contributed by atoms with van der Waals surface area (Å²) in [5.74, 6) is -2.07. The highest BCUT2D eigenvalue weighted by molar-refractivity contribution is 5.79. The summed E-state index contributed by atoms with van der Waals surface area (Å²) in [5.41, 5.74) is 0. The molecular weight excluding hydrogens is 202 g/mol. The number of hydrogen-bond acceptors (Lipinski definition) is 5. The molecule has 2 fully saturated rings. The van der Waals surface area contributed by atoms with Crippen LogP contribution in [0.4, 0.5) is 0 Å². The van der Waals surface area contributed by atoms with E-state index in [4.69, 9.17) is 9.84 Å². The standard InChI is InChI=1S/C9H13NO5/c11-6(8(12)13)7-5-4(9(14)15-7)2-1-3-10-5/h4-7,10-11H,1-3H2,(H,12,13). The van der Waals surface area contributed by atoms with E-state index >= 15 is 0 Å². The Morgan fingerprint density at radius 3 is 3.00 bits per heavy atom. The molecule has 0 radical (unpaired) electrons. The number of aliphatic carboxylic acids is 1. The molecule has 0 bridgehead atoms. The molecule has 0 aliphatic carbocycles. The lowest BCUT2D eigenvalue weighted by atomic mass is 9.88. The molecule has 15 heavy (non-hydrogen) atoms. The smallest absolute Gasteiger partial charge is 0.336 e. The molecule has 84 valence electrons. The lowest BCUT2D eigenvalue weighted by molar-refractivity contribution is -0.159. The molecule has 0 aromatic heterocycles. The molecule has 2 heterocycles. The first-order chi connectivity index (χ1) is 7.11. The maximum Gasteiger partial charge on any atom is 0.336 e. The number of aliphatic hydroxyl groups is 1. The van der Waals surface area contributed by atoms with Crippen molar-refractivity contribution < 1.29 is 24.5 Å². The molecule has 0 saturated carbocycles. The molecule has 0 amide bonds. The van der Waals surface area contributed by atoms with Gasteiger partial charge in [0.05, 0.1) is 12.0 Å². The minimum atomic E-state index is -1.64. The van der Waals surface area contributed by atoms with Crippen LogP contribution in [0, 0.1) is 5.92 Å². The summed E-state index contributed by atoms with van der Waals surface area (Å²) < 4.78 is 4.90. The average Bonchev–Trinajstić information content (AvgIpc) is 2.56. The van der Waals surface area contributed by atoms with Crippen LogP contribution in [0.1, 0.15) is 12.8 Å². The largest absolute Gasteiger partial charge is 0.479 e. The molecular formula is C9H13NO5. The van der Waals surface area contributed by atoms with E-state index in [9.17, 15) is 14.7 Å². The molecule has 3 N–H and O–H groups in total. The van der Waals surface area contributed by atoms with Gasteiger partial charge in [0.1, 0.15) is 0 Å². The number of cyclic esters (lactones) is 1. The van der Waals surface area contributed by atoms with E-state index in [1.807, 2.05) is 0 Å². The number of rotatable bonds is 2. The Hall–Kier alpha value is -1.14. The Kier molecular flexibility index (Phi) is 2.62. The van der Waals surface area contributed by atoms with Gasteiger partial charge in [-0.05, 0) is 19.4 Å². The second kappa shape index (κ2) is 3.79. The van der Waals surface area contributed by atoms with Gasteiger partial charge in [-0.3, -0.25) is 4.79 Å². The Morgan fingerprint density at radius 1 is 1.60 bits per heavy atom. The van der Waals surface area contributed by atoms with E-state index in [-0.39, 0.29) is 12.0 Å². The van der Waals surface area contributed by atoms with Crippen molar-refractivity contribution in [2.24, 2.45) is 5.92 Å². The summed E-state index contributed by atoms with van der Waals surface area (Å²) in [7, 11) is 0. The van der Waals surface area contributed by atoms with Crippen molar-refractivity contribution in [2.45, 2.75) is 31.1 Å². The zero-order valence-electron chi connectivity index (χ0n) is 8.05. The number of piperidine rings is 1. The van der Waals surface area contributed by atoms with Crippen LogP contribution in [0.5, 0.6) is 0 Å². The number of aliphatic hydroxyl groups excluding tert-OH is 1. The van der Waals surface area contributed by atoms with E-state index in [0.29, 0.717) is 6.42 Å². The summed E-state index contributed by atoms with van der Waals surface area (Å²) in [5, 5.41) is 21.0. The third-order valence-electron chi connectivity index (χ3n) is 2.98. The van der Waals surface area contributed by atoms with Crippen molar-refractivity contribution in [1.29, 1.82) is 0 Å². The van der Waals surface area contributed by atoms with E-state index in [2.05, 4.69) is 5.32 Å².